The molecule has 0 bridgehead atoms. The van der Waals surface area contributed by atoms with Gasteiger partial charge in [-0.1, -0.05) is 33.2 Å². The van der Waals surface area contributed by atoms with Gasteiger partial charge in [-0.3, -0.25) is 4.79 Å². The van der Waals surface area contributed by atoms with Crippen molar-refractivity contribution < 1.29 is 14.1 Å². The highest BCUT2D eigenvalue weighted by molar-refractivity contribution is 9.10. The van der Waals surface area contributed by atoms with Gasteiger partial charge < -0.3 is 14.6 Å². The fourth-order valence-electron chi connectivity index (χ4n) is 3.09. The molecule has 2 aromatic carbocycles. The molecule has 0 aliphatic heterocycles. The maximum Gasteiger partial charge on any atom is 0.227 e. The highest BCUT2D eigenvalue weighted by Crippen LogP contribution is 2.20. The van der Waals surface area contributed by atoms with Crippen LogP contribution in [-0.4, -0.2) is 32.4 Å². The number of aryl methyl sites for hydroxylation is 1. The fourth-order valence-corrected chi connectivity index (χ4v) is 3.36. The van der Waals surface area contributed by atoms with E-state index < -0.39 is 0 Å². The van der Waals surface area contributed by atoms with Crippen LogP contribution in [0.25, 0.3) is 11.4 Å². The predicted molar refractivity (Wildman–Crippen MR) is 123 cm³/mol. The maximum absolute atomic E-state index is 12.4. The van der Waals surface area contributed by atoms with E-state index in [1.165, 1.54) is 0 Å². The van der Waals surface area contributed by atoms with Crippen molar-refractivity contribution in [2.24, 2.45) is 0 Å². The van der Waals surface area contributed by atoms with Crippen LogP contribution in [0.5, 0.6) is 5.75 Å². The van der Waals surface area contributed by atoms with Crippen LogP contribution in [0.2, 0.25) is 0 Å². The quantitative estimate of drug-likeness (QED) is 0.361. The number of hydrogen-bond acceptors (Lipinski definition) is 6. The van der Waals surface area contributed by atoms with Crippen LogP contribution in [0.1, 0.15) is 24.8 Å². The molecular weight excluding hydrogens is 474 g/mol. The highest BCUT2D eigenvalue weighted by Gasteiger charge is 2.13. The van der Waals surface area contributed by atoms with Crippen molar-refractivity contribution in [2.45, 2.75) is 26.3 Å². The van der Waals surface area contributed by atoms with E-state index in [1.807, 2.05) is 55.5 Å². The second kappa shape index (κ2) is 10.2. The Bertz CT molecular complexity index is 1170. The lowest BCUT2D eigenvalue weighted by Crippen LogP contribution is -2.16. The van der Waals surface area contributed by atoms with E-state index >= 15 is 0 Å². The summed E-state index contributed by atoms with van der Waals surface area (Å²) in [7, 11) is 0. The lowest BCUT2D eigenvalue weighted by molar-refractivity contribution is -0.116. The van der Waals surface area contributed by atoms with E-state index in [1.54, 1.807) is 16.9 Å². The number of aromatic nitrogens is 4. The molecule has 0 aliphatic carbocycles. The Morgan fingerprint density at radius 3 is 2.66 bits per heavy atom. The normalized spacial score (nSPS) is 10.8. The number of amides is 1. The molecule has 1 amide bonds. The molecular formula is C23H22BrN5O3. The second-order valence-electron chi connectivity index (χ2n) is 7.02. The summed E-state index contributed by atoms with van der Waals surface area (Å²) in [6, 6.07) is 17.2. The van der Waals surface area contributed by atoms with Crippen molar-refractivity contribution in [1.82, 2.24) is 19.9 Å². The number of nitrogens with one attached hydrogen (secondary N) is 1. The molecule has 4 rings (SSSR count). The van der Waals surface area contributed by atoms with Crippen molar-refractivity contribution in [3.63, 3.8) is 0 Å². The third-order valence-corrected chi connectivity index (χ3v) is 5.22. The summed E-state index contributed by atoms with van der Waals surface area (Å²) in [4.78, 5) is 16.8. The molecule has 0 saturated heterocycles. The van der Waals surface area contributed by atoms with Crippen molar-refractivity contribution >= 4 is 27.7 Å². The monoisotopic (exact) mass is 495 g/mol. The average Bonchev–Trinajstić information content (AvgIpc) is 3.44. The van der Waals surface area contributed by atoms with Crippen LogP contribution in [0, 0.1) is 0 Å². The molecule has 164 valence electrons. The van der Waals surface area contributed by atoms with E-state index in [-0.39, 0.29) is 12.3 Å². The minimum atomic E-state index is -0.150. The molecule has 2 heterocycles. The summed E-state index contributed by atoms with van der Waals surface area (Å²) >= 11 is 3.43. The molecule has 0 saturated carbocycles. The summed E-state index contributed by atoms with van der Waals surface area (Å²) in [5.74, 6) is 2.17. The molecule has 0 aliphatic rings. The number of anilines is 1. The third kappa shape index (κ3) is 5.61. The number of halogens is 1. The minimum Gasteiger partial charge on any atom is -0.494 e. The molecule has 32 heavy (non-hydrogen) atoms. The summed E-state index contributed by atoms with van der Waals surface area (Å²) < 4.78 is 13.5. The Labute approximate surface area is 193 Å². The Hall–Kier alpha value is -3.46. The Balaban J connectivity index is 1.31. The van der Waals surface area contributed by atoms with Crippen molar-refractivity contribution in [1.29, 1.82) is 0 Å². The molecule has 0 fully saturated rings. The molecule has 9 heteroatoms. The van der Waals surface area contributed by atoms with E-state index in [4.69, 9.17) is 9.26 Å². The molecule has 0 spiro atoms. The first-order valence-corrected chi connectivity index (χ1v) is 11.0. The van der Waals surface area contributed by atoms with Gasteiger partial charge in [0, 0.05) is 28.9 Å². The first kappa shape index (κ1) is 21.8. The predicted octanol–water partition coefficient (Wildman–Crippen LogP) is 4.71. The van der Waals surface area contributed by atoms with E-state index in [2.05, 4.69) is 36.5 Å². The van der Waals surface area contributed by atoms with Crippen LogP contribution in [-0.2, 0) is 17.8 Å². The van der Waals surface area contributed by atoms with Gasteiger partial charge in [0.05, 0.1) is 19.3 Å². The lowest BCUT2D eigenvalue weighted by atomic mass is 10.2. The molecule has 2 aromatic heterocycles. The largest absolute Gasteiger partial charge is 0.494 e. The number of rotatable bonds is 9. The summed E-state index contributed by atoms with van der Waals surface area (Å²) in [5, 5.41) is 11.2. The summed E-state index contributed by atoms with van der Waals surface area (Å²) in [5.41, 5.74) is 1.91. The lowest BCUT2D eigenvalue weighted by Gasteiger charge is -2.09. The number of carbonyl (C=O) groups is 1. The Morgan fingerprint density at radius 2 is 1.91 bits per heavy atom. The van der Waals surface area contributed by atoms with Gasteiger partial charge in [0.25, 0.3) is 0 Å². The first-order valence-electron chi connectivity index (χ1n) is 10.2. The topological polar surface area (TPSA) is 95.1 Å². The van der Waals surface area contributed by atoms with E-state index in [9.17, 15) is 4.79 Å². The first-order chi connectivity index (χ1) is 15.6. The van der Waals surface area contributed by atoms with Gasteiger partial charge in [0.2, 0.25) is 17.6 Å². The Kier molecular flexibility index (Phi) is 6.96. The van der Waals surface area contributed by atoms with Crippen molar-refractivity contribution in [2.75, 3.05) is 11.9 Å². The van der Waals surface area contributed by atoms with Crippen LogP contribution >= 0.6 is 15.9 Å². The SMILES string of the molecule is CCOc1ccc(-c2noc(CCC(=O)Nc3ccnn3Cc3ccc(Br)cc3)n2)cc1. The summed E-state index contributed by atoms with van der Waals surface area (Å²) in [6.45, 7) is 3.11. The maximum atomic E-state index is 12.4. The van der Waals surface area contributed by atoms with Crippen LogP contribution in [0.3, 0.4) is 0 Å². The molecule has 0 radical (unpaired) electrons. The van der Waals surface area contributed by atoms with Gasteiger partial charge in [-0.15, -0.1) is 0 Å². The number of nitrogens with zero attached hydrogens (tertiary/aromatic N) is 4. The molecule has 0 unspecified atom stereocenters. The van der Waals surface area contributed by atoms with Gasteiger partial charge in [-0.05, 0) is 48.9 Å². The zero-order valence-corrected chi connectivity index (χ0v) is 19.1. The van der Waals surface area contributed by atoms with Crippen LogP contribution in [0.15, 0.2) is 69.8 Å². The standard InChI is InChI=1S/C23H22BrN5O3/c1-2-31-19-9-5-17(6-10-19)23-27-22(32-28-23)12-11-21(30)26-20-13-14-25-29(20)15-16-3-7-18(24)8-4-16/h3-10,13-14H,2,11-12,15H2,1H3,(H,26,30). The highest BCUT2D eigenvalue weighted by atomic mass is 79.9. The van der Waals surface area contributed by atoms with E-state index in [0.717, 1.165) is 21.3 Å². The van der Waals surface area contributed by atoms with Gasteiger partial charge >= 0.3 is 0 Å². The van der Waals surface area contributed by atoms with Crippen LogP contribution < -0.4 is 10.1 Å². The van der Waals surface area contributed by atoms with E-state index in [0.29, 0.717) is 37.1 Å². The molecule has 1 N–H and O–H groups in total. The average molecular weight is 496 g/mol. The van der Waals surface area contributed by atoms with Gasteiger partial charge in [0.1, 0.15) is 11.6 Å². The fraction of sp³-hybridized carbons (Fsp3) is 0.217. The van der Waals surface area contributed by atoms with Crippen molar-refractivity contribution in [3.8, 4) is 17.1 Å². The number of hydrogen-bond donors (Lipinski definition) is 1. The number of carbonyl (C=O) groups excluding carboxylic acids is 1. The van der Waals surface area contributed by atoms with Gasteiger partial charge in [0.15, 0.2) is 0 Å². The minimum absolute atomic E-state index is 0.150. The van der Waals surface area contributed by atoms with Gasteiger partial charge in [-0.25, -0.2) is 4.68 Å². The van der Waals surface area contributed by atoms with Gasteiger partial charge in [-0.2, -0.15) is 10.1 Å². The van der Waals surface area contributed by atoms with Crippen LogP contribution in [0.4, 0.5) is 5.82 Å². The third-order valence-electron chi connectivity index (χ3n) is 4.69. The second-order valence-corrected chi connectivity index (χ2v) is 7.93. The Morgan fingerprint density at radius 1 is 1.12 bits per heavy atom. The number of ether oxygens (including phenoxy) is 1. The summed E-state index contributed by atoms with van der Waals surface area (Å²) in [6.07, 6.45) is 2.22. The van der Waals surface area contributed by atoms with Crippen molar-refractivity contribution in [3.05, 3.63) is 76.7 Å². The number of benzene rings is 2. The molecule has 4 aromatic rings. The molecule has 8 nitrogen and oxygen atoms in total. The zero-order valence-electron chi connectivity index (χ0n) is 17.5. The zero-order chi connectivity index (χ0) is 22.3. The molecule has 0 atom stereocenters. The smallest absolute Gasteiger partial charge is 0.227 e.